The zero-order valence-corrected chi connectivity index (χ0v) is 11.8. The van der Waals surface area contributed by atoms with Crippen LogP contribution in [-0.2, 0) is 19.4 Å². The maximum absolute atomic E-state index is 11.9. The fourth-order valence-corrected chi connectivity index (χ4v) is 3.07. The van der Waals surface area contributed by atoms with E-state index in [-0.39, 0.29) is 0 Å². The van der Waals surface area contributed by atoms with Gasteiger partial charge in [0, 0.05) is 11.0 Å². The SMILES string of the molecule is COC(=O)CS(=O)(=O)c1ccc(SC)cc1[N+](=O)[O-]. The molecule has 0 aliphatic heterocycles. The van der Waals surface area contributed by atoms with Gasteiger partial charge in [0.25, 0.3) is 5.69 Å². The molecule has 0 N–H and O–H groups in total. The molecule has 0 bridgehead atoms. The van der Waals surface area contributed by atoms with Crippen LogP contribution in [0.2, 0.25) is 0 Å². The number of hydrogen-bond acceptors (Lipinski definition) is 7. The molecule has 0 saturated heterocycles. The Kier molecular flexibility index (Phi) is 4.90. The molecule has 7 nitrogen and oxygen atoms in total. The average Bonchev–Trinajstić information content (AvgIpc) is 2.37. The van der Waals surface area contributed by atoms with Crippen LogP contribution < -0.4 is 0 Å². The number of nitro groups is 1. The number of esters is 1. The highest BCUT2D eigenvalue weighted by Gasteiger charge is 2.28. The van der Waals surface area contributed by atoms with E-state index in [4.69, 9.17) is 0 Å². The van der Waals surface area contributed by atoms with Gasteiger partial charge in [0.15, 0.2) is 15.6 Å². The fraction of sp³-hybridized carbons (Fsp3) is 0.300. The Labute approximate surface area is 114 Å². The van der Waals surface area contributed by atoms with Crippen LogP contribution in [0.4, 0.5) is 5.69 Å². The quantitative estimate of drug-likeness (QED) is 0.349. The van der Waals surface area contributed by atoms with Crippen molar-refractivity contribution in [1.29, 1.82) is 0 Å². The molecule has 0 atom stereocenters. The maximum Gasteiger partial charge on any atom is 0.321 e. The van der Waals surface area contributed by atoms with Gasteiger partial charge < -0.3 is 4.74 Å². The number of carbonyl (C=O) groups excluding carboxylic acids is 1. The first-order chi connectivity index (χ1) is 8.81. The first-order valence-corrected chi connectivity index (χ1v) is 7.81. The van der Waals surface area contributed by atoms with E-state index in [9.17, 15) is 23.3 Å². The highest BCUT2D eigenvalue weighted by molar-refractivity contribution is 7.98. The van der Waals surface area contributed by atoms with E-state index >= 15 is 0 Å². The summed E-state index contributed by atoms with van der Waals surface area (Å²) in [6.07, 6.45) is 1.71. The van der Waals surface area contributed by atoms with Gasteiger partial charge in [-0.05, 0) is 18.4 Å². The summed E-state index contributed by atoms with van der Waals surface area (Å²) in [5, 5.41) is 10.9. The number of benzene rings is 1. The lowest BCUT2D eigenvalue weighted by atomic mass is 10.3. The summed E-state index contributed by atoms with van der Waals surface area (Å²) in [7, 11) is -3.05. The molecule has 1 aromatic carbocycles. The normalized spacial score (nSPS) is 11.1. The lowest BCUT2D eigenvalue weighted by Crippen LogP contribution is -2.18. The fourth-order valence-electron chi connectivity index (χ4n) is 1.32. The van der Waals surface area contributed by atoms with Crippen LogP contribution in [0.25, 0.3) is 0 Å². The number of carbonyl (C=O) groups is 1. The van der Waals surface area contributed by atoms with E-state index < -0.39 is 37.1 Å². The Morgan fingerprint density at radius 1 is 1.47 bits per heavy atom. The zero-order valence-electron chi connectivity index (χ0n) is 10.2. The second-order valence-electron chi connectivity index (χ2n) is 3.43. The van der Waals surface area contributed by atoms with Gasteiger partial charge in [-0.15, -0.1) is 11.8 Å². The number of thioether (sulfide) groups is 1. The van der Waals surface area contributed by atoms with Crippen molar-refractivity contribution in [3.8, 4) is 0 Å². The first-order valence-electron chi connectivity index (χ1n) is 4.94. The second-order valence-corrected chi connectivity index (χ2v) is 6.26. The van der Waals surface area contributed by atoms with Gasteiger partial charge in [0.1, 0.15) is 4.90 Å². The third kappa shape index (κ3) is 3.67. The summed E-state index contributed by atoms with van der Waals surface area (Å²) in [6, 6.07) is 3.74. The summed E-state index contributed by atoms with van der Waals surface area (Å²) in [6.45, 7) is 0. The van der Waals surface area contributed by atoms with E-state index in [1.165, 1.54) is 17.8 Å². The molecule has 0 unspecified atom stereocenters. The Bertz CT molecular complexity index is 610. The van der Waals surface area contributed by atoms with Gasteiger partial charge in [0.05, 0.1) is 12.0 Å². The van der Waals surface area contributed by atoms with Crippen LogP contribution in [0.5, 0.6) is 0 Å². The lowest BCUT2D eigenvalue weighted by Gasteiger charge is -2.05. The van der Waals surface area contributed by atoms with Gasteiger partial charge in [-0.25, -0.2) is 8.42 Å². The van der Waals surface area contributed by atoms with Crippen molar-refractivity contribution in [3.05, 3.63) is 28.3 Å². The monoisotopic (exact) mass is 305 g/mol. The van der Waals surface area contributed by atoms with Crippen molar-refractivity contribution < 1.29 is 22.9 Å². The van der Waals surface area contributed by atoms with Gasteiger partial charge >= 0.3 is 5.97 Å². The van der Waals surface area contributed by atoms with Gasteiger partial charge in [-0.3, -0.25) is 14.9 Å². The summed E-state index contributed by atoms with van der Waals surface area (Å²) >= 11 is 1.25. The summed E-state index contributed by atoms with van der Waals surface area (Å²) in [5.41, 5.74) is -0.546. The Morgan fingerprint density at radius 3 is 2.58 bits per heavy atom. The van der Waals surface area contributed by atoms with Crippen LogP contribution in [0, 0.1) is 10.1 Å². The van der Waals surface area contributed by atoms with Crippen molar-refractivity contribution in [3.63, 3.8) is 0 Å². The molecule has 0 saturated carbocycles. The molecular weight excluding hydrogens is 294 g/mol. The molecule has 0 heterocycles. The van der Waals surface area contributed by atoms with Crippen molar-refractivity contribution in [2.45, 2.75) is 9.79 Å². The number of nitrogens with zero attached hydrogens (tertiary/aromatic N) is 1. The molecule has 0 spiro atoms. The molecule has 9 heteroatoms. The Hall–Kier alpha value is -1.61. The third-order valence-corrected chi connectivity index (χ3v) is 4.59. The lowest BCUT2D eigenvalue weighted by molar-refractivity contribution is -0.388. The van der Waals surface area contributed by atoms with E-state index in [1.54, 1.807) is 6.26 Å². The highest BCUT2D eigenvalue weighted by atomic mass is 32.2. The number of nitro benzene ring substituents is 1. The topological polar surface area (TPSA) is 104 Å². The van der Waals surface area contributed by atoms with E-state index in [0.717, 1.165) is 19.2 Å². The molecule has 1 rings (SSSR count). The molecule has 19 heavy (non-hydrogen) atoms. The highest BCUT2D eigenvalue weighted by Crippen LogP contribution is 2.29. The van der Waals surface area contributed by atoms with Crippen molar-refractivity contribution in [2.24, 2.45) is 0 Å². The maximum atomic E-state index is 11.9. The average molecular weight is 305 g/mol. The number of hydrogen-bond donors (Lipinski definition) is 0. The minimum absolute atomic E-state index is 0.485. The van der Waals surface area contributed by atoms with Crippen molar-refractivity contribution in [2.75, 3.05) is 19.1 Å². The van der Waals surface area contributed by atoms with Gasteiger partial charge in [-0.1, -0.05) is 0 Å². The molecule has 0 fully saturated rings. The molecule has 0 aliphatic rings. The van der Waals surface area contributed by atoms with Crippen molar-refractivity contribution in [1.82, 2.24) is 0 Å². The third-order valence-electron chi connectivity index (χ3n) is 2.23. The second kappa shape index (κ2) is 6.02. The molecule has 1 aromatic rings. The smallest absolute Gasteiger partial charge is 0.321 e. The van der Waals surface area contributed by atoms with Crippen LogP contribution in [0.1, 0.15) is 0 Å². The predicted molar refractivity (Wildman–Crippen MR) is 68.9 cm³/mol. The van der Waals surface area contributed by atoms with Crippen molar-refractivity contribution >= 4 is 33.3 Å². The molecule has 104 valence electrons. The van der Waals surface area contributed by atoms with Crippen LogP contribution in [-0.4, -0.2) is 38.4 Å². The molecular formula is C10H11NO6S2. The Morgan fingerprint density at radius 2 is 2.11 bits per heavy atom. The minimum atomic E-state index is -4.10. The van der Waals surface area contributed by atoms with Crippen LogP contribution in [0.15, 0.2) is 28.0 Å². The predicted octanol–water partition coefficient (Wildman–Crippen LogP) is 1.26. The Balaban J connectivity index is 3.33. The van der Waals surface area contributed by atoms with E-state index in [0.29, 0.717) is 4.90 Å². The standard InChI is InChI=1S/C10H11NO6S2/c1-17-10(12)6-19(15,16)9-4-3-7(18-2)5-8(9)11(13)14/h3-5H,6H2,1-2H3. The van der Waals surface area contributed by atoms with Crippen LogP contribution >= 0.6 is 11.8 Å². The number of methoxy groups -OCH3 is 1. The molecule has 0 aromatic heterocycles. The number of rotatable bonds is 5. The van der Waals surface area contributed by atoms with Gasteiger partial charge in [-0.2, -0.15) is 0 Å². The van der Waals surface area contributed by atoms with E-state index in [1.807, 2.05) is 0 Å². The minimum Gasteiger partial charge on any atom is -0.468 e. The molecule has 0 amide bonds. The number of ether oxygens (including phenoxy) is 1. The number of sulfone groups is 1. The zero-order chi connectivity index (χ0) is 14.6. The summed E-state index contributed by atoms with van der Waals surface area (Å²) < 4.78 is 28.1. The largest absolute Gasteiger partial charge is 0.468 e. The van der Waals surface area contributed by atoms with E-state index in [2.05, 4.69) is 4.74 Å². The van der Waals surface area contributed by atoms with Crippen LogP contribution in [0.3, 0.4) is 0 Å². The van der Waals surface area contributed by atoms with Gasteiger partial charge in [0.2, 0.25) is 0 Å². The first kappa shape index (κ1) is 15.4. The molecule has 0 radical (unpaired) electrons. The summed E-state index contributed by atoms with van der Waals surface area (Å²) in [4.78, 5) is 21.2. The summed E-state index contributed by atoms with van der Waals surface area (Å²) in [5.74, 6) is -1.90. The molecule has 0 aliphatic carbocycles.